The van der Waals surface area contributed by atoms with Crippen LogP contribution in [0.4, 0.5) is 5.13 Å². The number of β-lactam (4-membered cyclic amide) rings is 1. The lowest BCUT2D eigenvalue weighted by Crippen LogP contribution is -2.83. The van der Waals surface area contributed by atoms with Crippen molar-refractivity contribution in [2.75, 3.05) is 18.1 Å². The highest BCUT2D eigenvalue weighted by atomic mass is 32.2. The number of fused-ring (bicyclic) bond motifs is 3. The van der Waals surface area contributed by atoms with Gasteiger partial charge in [-0.1, -0.05) is 5.16 Å². The number of nitrogens with two attached hydrogens (primary N) is 1. The molecule has 0 saturated carbocycles. The van der Waals surface area contributed by atoms with Crippen molar-refractivity contribution >= 4 is 62.6 Å². The second-order valence-electron chi connectivity index (χ2n) is 7.29. The highest BCUT2D eigenvalue weighted by molar-refractivity contribution is 7.85. The number of ether oxygens (including phenoxy) is 1. The average molecular weight is 516 g/mol. The number of thiazole rings is 1. The van der Waals surface area contributed by atoms with Crippen molar-refractivity contribution in [3.05, 3.63) is 11.1 Å². The van der Waals surface area contributed by atoms with Gasteiger partial charge in [-0.3, -0.25) is 33.5 Å². The number of nitrogens with zero attached hydrogens (tertiary/aromatic N) is 3. The molecular weight excluding hydrogens is 500 g/mol. The summed E-state index contributed by atoms with van der Waals surface area (Å²) in [6, 6.07) is -1.42. The standard InChI is InChI=1S/C16H16N6O10S2/c17-15-18-6(3-33-15)9(21-31-2-7(23)20-29)11(25)19-10-12(26)22-13(10)34(30)4-5-1-8(24)32-16(5,22)14(27)28/h3,5,10,13,29H,1-2,4H2,(H2,17,18)(H,19,25)(H,20,23)(H,27,28)/b21-9-/t5-,10+,13+,16+,34?/m0/s1. The molecule has 3 saturated heterocycles. The minimum Gasteiger partial charge on any atom is -0.477 e. The van der Waals surface area contributed by atoms with Gasteiger partial charge in [-0.05, 0) is 0 Å². The molecule has 0 bridgehead atoms. The van der Waals surface area contributed by atoms with Crippen molar-refractivity contribution in [3.8, 4) is 0 Å². The maximum Gasteiger partial charge on any atom is 0.370 e. The normalized spacial score (nSPS) is 29.9. The summed E-state index contributed by atoms with van der Waals surface area (Å²) in [5, 5.41) is 24.2. The summed E-state index contributed by atoms with van der Waals surface area (Å²) in [5.41, 5.74) is 4.02. The molecule has 182 valence electrons. The van der Waals surface area contributed by atoms with Crippen LogP contribution in [-0.4, -0.2) is 89.3 Å². The van der Waals surface area contributed by atoms with E-state index in [9.17, 15) is 33.3 Å². The number of carboxylic acids is 1. The Balaban J connectivity index is 1.57. The highest BCUT2D eigenvalue weighted by Gasteiger charge is 2.73. The number of oxime groups is 1. The van der Waals surface area contributed by atoms with E-state index in [2.05, 4.69) is 15.5 Å². The van der Waals surface area contributed by atoms with Crippen LogP contribution >= 0.6 is 11.3 Å². The van der Waals surface area contributed by atoms with E-state index in [1.165, 1.54) is 10.9 Å². The lowest BCUT2D eigenvalue weighted by Gasteiger charge is -2.56. The second-order valence-corrected chi connectivity index (χ2v) is 9.76. The Labute approximate surface area is 195 Å². The van der Waals surface area contributed by atoms with E-state index in [-0.39, 0.29) is 23.0 Å². The van der Waals surface area contributed by atoms with Crippen LogP contribution in [0.1, 0.15) is 12.1 Å². The molecule has 18 heteroatoms. The number of esters is 1. The molecule has 1 aromatic rings. The molecule has 1 aromatic heterocycles. The predicted octanol–water partition coefficient (Wildman–Crippen LogP) is -3.29. The van der Waals surface area contributed by atoms with Crippen LogP contribution in [0.15, 0.2) is 10.5 Å². The van der Waals surface area contributed by atoms with Crippen LogP contribution in [0.3, 0.4) is 0 Å². The number of hydrogen-bond acceptors (Lipinski definition) is 13. The average Bonchev–Trinajstić information content (AvgIpc) is 3.35. The Kier molecular flexibility index (Phi) is 5.96. The Hall–Kier alpha value is -3.64. The maximum absolute atomic E-state index is 12.9. The van der Waals surface area contributed by atoms with Gasteiger partial charge in [-0.15, -0.1) is 11.3 Å². The summed E-state index contributed by atoms with van der Waals surface area (Å²) in [6.45, 7) is -0.760. The molecule has 1 unspecified atom stereocenters. The van der Waals surface area contributed by atoms with Crippen molar-refractivity contribution in [1.82, 2.24) is 20.7 Å². The fourth-order valence-electron chi connectivity index (χ4n) is 3.89. The number of amides is 3. The molecular formula is C16H16N6O10S2. The zero-order chi connectivity index (χ0) is 24.8. The molecule has 0 spiro atoms. The summed E-state index contributed by atoms with van der Waals surface area (Å²) in [6.07, 6.45) is -0.313. The molecule has 6 N–H and O–H groups in total. The number of carboxylic acid groups (broad SMARTS) is 1. The van der Waals surface area contributed by atoms with Crippen molar-refractivity contribution in [1.29, 1.82) is 0 Å². The van der Waals surface area contributed by atoms with E-state index in [1.54, 1.807) is 0 Å². The zero-order valence-corrected chi connectivity index (χ0v) is 18.5. The van der Waals surface area contributed by atoms with Crippen molar-refractivity contribution in [3.63, 3.8) is 0 Å². The number of hydrogen-bond donors (Lipinski definition) is 5. The zero-order valence-electron chi connectivity index (χ0n) is 16.8. The first-order valence-electron chi connectivity index (χ1n) is 9.40. The van der Waals surface area contributed by atoms with Crippen molar-refractivity contribution in [2.45, 2.75) is 23.6 Å². The Bertz CT molecular complexity index is 1150. The van der Waals surface area contributed by atoms with Gasteiger partial charge in [0.05, 0.1) is 12.3 Å². The first kappa shape index (κ1) is 23.5. The van der Waals surface area contributed by atoms with E-state index >= 15 is 0 Å². The summed E-state index contributed by atoms with van der Waals surface area (Å²) >= 11 is 0.959. The monoisotopic (exact) mass is 516 g/mol. The third kappa shape index (κ3) is 3.64. The Morgan fingerprint density at radius 2 is 2.18 bits per heavy atom. The molecule has 0 aromatic carbocycles. The second kappa shape index (κ2) is 8.61. The quantitative estimate of drug-likeness (QED) is 0.0787. The Morgan fingerprint density at radius 1 is 1.44 bits per heavy atom. The third-order valence-corrected chi connectivity index (χ3v) is 7.75. The molecule has 4 rings (SSSR count). The van der Waals surface area contributed by atoms with Gasteiger partial charge in [-0.2, -0.15) is 0 Å². The summed E-state index contributed by atoms with van der Waals surface area (Å²) in [4.78, 5) is 70.0. The fraction of sp³-hybridized carbons (Fsp3) is 0.438. The van der Waals surface area contributed by atoms with E-state index in [4.69, 9.17) is 20.5 Å². The van der Waals surface area contributed by atoms with Crippen LogP contribution in [0.2, 0.25) is 0 Å². The number of nitrogen functional groups attached to an aromatic ring is 1. The van der Waals surface area contributed by atoms with Gasteiger partial charge in [0, 0.05) is 21.9 Å². The predicted molar refractivity (Wildman–Crippen MR) is 109 cm³/mol. The first-order valence-corrected chi connectivity index (χ1v) is 11.7. The van der Waals surface area contributed by atoms with Crippen LogP contribution < -0.4 is 16.5 Å². The summed E-state index contributed by atoms with van der Waals surface area (Å²) in [5.74, 6) is -6.59. The number of anilines is 1. The van der Waals surface area contributed by atoms with Gasteiger partial charge < -0.3 is 25.7 Å². The van der Waals surface area contributed by atoms with E-state index in [0.29, 0.717) is 0 Å². The Morgan fingerprint density at radius 3 is 2.79 bits per heavy atom. The number of carbonyl (C=O) groups excluding carboxylic acids is 4. The van der Waals surface area contributed by atoms with Gasteiger partial charge in [0.25, 0.3) is 23.4 Å². The molecule has 3 aliphatic heterocycles. The fourth-order valence-corrected chi connectivity index (χ4v) is 6.36. The van der Waals surface area contributed by atoms with Crippen molar-refractivity contribution in [2.24, 2.45) is 11.1 Å². The van der Waals surface area contributed by atoms with Crippen LogP contribution in [0.5, 0.6) is 0 Å². The van der Waals surface area contributed by atoms with E-state index < -0.39 is 75.8 Å². The number of nitrogens with one attached hydrogen (secondary N) is 2. The van der Waals surface area contributed by atoms with E-state index in [1.807, 2.05) is 0 Å². The van der Waals surface area contributed by atoms with Gasteiger partial charge in [0.2, 0.25) is 0 Å². The molecule has 16 nitrogen and oxygen atoms in total. The highest BCUT2D eigenvalue weighted by Crippen LogP contribution is 2.47. The number of carbonyl (C=O) groups is 5. The van der Waals surface area contributed by atoms with Crippen LogP contribution in [0.25, 0.3) is 0 Å². The lowest BCUT2D eigenvalue weighted by atomic mass is 9.89. The smallest absolute Gasteiger partial charge is 0.370 e. The molecule has 3 fully saturated rings. The minimum absolute atomic E-state index is 0.0652. The number of rotatable bonds is 7. The lowest BCUT2D eigenvalue weighted by molar-refractivity contribution is -0.216. The van der Waals surface area contributed by atoms with E-state index in [0.717, 1.165) is 16.2 Å². The number of hydroxylamine groups is 1. The number of aromatic nitrogens is 1. The molecule has 3 amide bonds. The SMILES string of the molecule is Nc1nc(/C(=N/OCC(=O)NO)C(=O)N[C@@H]2C(=O)N3[C@@H]2S(=O)C[C@@H]2CC(=O)O[C@@]23C(=O)O)cs1. The number of aliphatic carboxylic acids is 1. The van der Waals surface area contributed by atoms with Gasteiger partial charge in [-0.25, -0.2) is 15.3 Å². The molecule has 5 atom stereocenters. The molecule has 0 radical (unpaired) electrons. The molecule has 34 heavy (non-hydrogen) atoms. The topological polar surface area (TPSA) is 240 Å². The third-order valence-electron chi connectivity index (χ3n) is 5.32. The van der Waals surface area contributed by atoms with Gasteiger partial charge in [0.1, 0.15) is 17.1 Å². The summed E-state index contributed by atoms with van der Waals surface area (Å²) < 4.78 is 17.8. The first-order chi connectivity index (χ1) is 16.1. The van der Waals surface area contributed by atoms with Crippen LogP contribution in [0, 0.1) is 5.92 Å². The largest absolute Gasteiger partial charge is 0.477 e. The molecule has 3 aliphatic rings. The van der Waals surface area contributed by atoms with Gasteiger partial charge in [0.15, 0.2) is 17.5 Å². The molecule has 4 heterocycles. The maximum atomic E-state index is 12.9. The summed E-state index contributed by atoms with van der Waals surface area (Å²) in [7, 11) is -1.82. The minimum atomic E-state index is -2.30. The van der Waals surface area contributed by atoms with Gasteiger partial charge >= 0.3 is 11.9 Å². The van der Waals surface area contributed by atoms with Crippen LogP contribution in [-0.2, 0) is 44.3 Å². The van der Waals surface area contributed by atoms with Crippen molar-refractivity contribution < 1.29 is 48.1 Å². The molecule has 0 aliphatic carbocycles.